The van der Waals surface area contributed by atoms with E-state index < -0.39 is 17.8 Å². The smallest absolute Gasteiger partial charge is 0.335 e. The van der Waals surface area contributed by atoms with Crippen LogP contribution in [-0.2, 0) is 9.59 Å². The molecule has 0 aromatic heterocycles. The number of rotatable bonds is 5. The molecule has 0 bridgehead atoms. The second kappa shape index (κ2) is 9.27. The van der Waals surface area contributed by atoms with Gasteiger partial charge in [0.15, 0.2) is 0 Å². The van der Waals surface area contributed by atoms with Gasteiger partial charge < -0.3 is 4.74 Å². The third kappa shape index (κ3) is 4.57. The fraction of sp³-hybridized carbons (Fsp3) is 0.150. The molecule has 0 aliphatic carbocycles. The summed E-state index contributed by atoms with van der Waals surface area (Å²) in [5, 5.41) is 3.05. The van der Waals surface area contributed by atoms with E-state index in [1.54, 1.807) is 0 Å². The van der Waals surface area contributed by atoms with Crippen molar-refractivity contribution in [3.05, 3.63) is 61.6 Å². The van der Waals surface area contributed by atoms with E-state index in [1.807, 2.05) is 6.92 Å². The minimum absolute atomic E-state index is 0.147. The van der Waals surface area contributed by atoms with Crippen LogP contribution in [-0.4, -0.2) is 24.5 Å². The number of anilines is 1. The van der Waals surface area contributed by atoms with Crippen LogP contribution in [0, 0.1) is 0 Å². The third-order valence-corrected chi connectivity index (χ3v) is 5.29. The van der Waals surface area contributed by atoms with Crippen LogP contribution in [0.5, 0.6) is 5.75 Å². The topological polar surface area (TPSA) is 75.7 Å². The van der Waals surface area contributed by atoms with Gasteiger partial charge in [-0.2, -0.15) is 0 Å². The fourth-order valence-electron chi connectivity index (χ4n) is 2.72. The molecule has 0 unspecified atom stereocenters. The van der Waals surface area contributed by atoms with Crippen molar-refractivity contribution in [1.29, 1.82) is 0 Å². The standard InChI is InChI=1S/C20H14Cl4N2O4/c1-2-5-30-17-10(6-11(21)8-16(17)24)7-13-18(27)25-20(29)26(19(13)28)12-3-4-14(22)15(23)9-12/h3-4,6-9H,2,5H2,1H3,(H,25,27,29)/b13-7+. The molecule has 30 heavy (non-hydrogen) atoms. The van der Waals surface area contributed by atoms with Gasteiger partial charge in [-0.3, -0.25) is 14.9 Å². The predicted octanol–water partition coefficient (Wildman–Crippen LogP) is 5.76. The minimum atomic E-state index is -0.910. The van der Waals surface area contributed by atoms with Crippen molar-refractivity contribution in [2.75, 3.05) is 11.5 Å². The Hall–Kier alpha value is -2.25. The second-order valence-corrected chi connectivity index (χ2v) is 7.87. The average Bonchev–Trinajstić information content (AvgIpc) is 2.67. The molecule has 2 aromatic carbocycles. The van der Waals surface area contributed by atoms with Crippen LogP contribution in [0.25, 0.3) is 6.08 Å². The van der Waals surface area contributed by atoms with Gasteiger partial charge in [0.2, 0.25) is 0 Å². The molecule has 2 aromatic rings. The van der Waals surface area contributed by atoms with Gasteiger partial charge in [0.05, 0.1) is 27.4 Å². The lowest BCUT2D eigenvalue weighted by Crippen LogP contribution is -2.54. The summed E-state index contributed by atoms with van der Waals surface area (Å²) in [4.78, 5) is 38.6. The van der Waals surface area contributed by atoms with Crippen molar-refractivity contribution in [3.8, 4) is 5.75 Å². The second-order valence-electron chi connectivity index (χ2n) is 6.21. The van der Waals surface area contributed by atoms with E-state index in [-0.39, 0.29) is 37.1 Å². The number of barbiturate groups is 1. The van der Waals surface area contributed by atoms with E-state index in [0.29, 0.717) is 18.6 Å². The number of benzene rings is 2. The first-order chi connectivity index (χ1) is 14.2. The molecule has 4 amide bonds. The quantitative estimate of drug-likeness (QED) is 0.430. The number of nitrogens with one attached hydrogen (secondary N) is 1. The van der Waals surface area contributed by atoms with Crippen molar-refractivity contribution in [2.24, 2.45) is 0 Å². The number of halogens is 4. The zero-order valence-corrected chi connectivity index (χ0v) is 18.5. The van der Waals surface area contributed by atoms with E-state index in [1.165, 1.54) is 36.4 Å². The van der Waals surface area contributed by atoms with Crippen LogP contribution >= 0.6 is 46.4 Å². The highest BCUT2D eigenvalue weighted by atomic mass is 35.5. The van der Waals surface area contributed by atoms with Gasteiger partial charge in [-0.15, -0.1) is 0 Å². The van der Waals surface area contributed by atoms with Crippen molar-refractivity contribution in [1.82, 2.24) is 5.32 Å². The lowest BCUT2D eigenvalue weighted by atomic mass is 10.1. The fourth-order valence-corrected chi connectivity index (χ4v) is 3.57. The molecule has 156 valence electrons. The monoisotopic (exact) mass is 486 g/mol. The highest BCUT2D eigenvalue weighted by Crippen LogP contribution is 2.35. The first-order valence-electron chi connectivity index (χ1n) is 8.71. The Kier molecular flexibility index (Phi) is 6.93. The Morgan fingerprint density at radius 3 is 2.40 bits per heavy atom. The van der Waals surface area contributed by atoms with Gasteiger partial charge in [-0.25, -0.2) is 9.69 Å². The molecular weight excluding hydrogens is 474 g/mol. The number of nitrogens with zero attached hydrogens (tertiary/aromatic N) is 1. The highest BCUT2D eigenvalue weighted by molar-refractivity contribution is 6.43. The molecule has 0 saturated carbocycles. The minimum Gasteiger partial charge on any atom is -0.491 e. The molecular formula is C20H14Cl4N2O4. The zero-order chi connectivity index (χ0) is 22.0. The predicted molar refractivity (Wildman–Crippen MR) is 118 cm³/mol. The Bertz CT molecular complexity index is 1080. The largest absolute Gasteiger partial charge is 0.491 e. The summed E-state index contributed by atoms with van der Waals surface area (Å²) in [6, 6.07) is 6.31. The number of imide groups is 2. The SMILES string of the molecule is CCCOc1c(Cl)cc(Cl)cc1/C=C1\C(=O)NC(=O)N(c2ccc(Cl)c(Cl)c2)C1=O. The number of amides is 4. The number of hydrogen-bond acceptors (Lipinski definition) is 4. The molecule has 0 spiro atoms. The zero-order valence-electron chi connectivity index (χ0n) is 15.5. The number of carbonyl (C=O) groups is 3. The van der Waals surface area contributed by atoms with Gasteiger partial charge in [-0.05, 0) is 42.8 Å². The van der Waals surface area contributed by atoms with E-state index in [0.717, 1.165) is 4.90 Å². The normalized spacial score (nSPS) is 15.6. The Morgan fingerprint density at radius 2 is 1.73 bits per heavy atom. The number of hydrogen-bond donors (Lipinski definition) is 1. The van der Waals surface area contributed by atoms with Gasteiger partial charge >= 0.3 is 6.03 Å². The lowest BCUT2D eigenvalue weighted by molar-refractivity contribution is -0.122. The summed E-state index contributed by atoms with van der Waals surface area (Å²) >= 11 is 24.2. The van der Waals surface area contributed by atoms with E-state index in [2.05, 4.69) is 5.32 Å². The van der Waals surface area contributed by atoms with Gasteiger partial charge in [0.25, 0.3) is 11.8 Å². The molecule has 0 atom stereocenters. The van der Waals surface area contributed by atoms with Crippen LogP contribution in [0.3, 0.4) is 0 Å². The highest BCUT2D eigenvalue weighted by Gasteiger charge is 2.37. The van der Waals surface area contributed by atoms with Gasteiger partial charge in [0, 0.05) is 10.6 Å². The summed E-state index contributed by atoms with van der Waals surface area (Å²) in [6.45, 7) is 2.28. The maximum atomic E-state index is 13.0. The first kappa shape index (κ1) is 22.4. The molecule has 0 radical (unpaired) electrons. The van der Waals surface area contributed by atoms with Crippen LogP contribution in [0.2, 0.25) is 20.1 Å². The van der Waals surface area contributed by atoms with E-state index in [4.69, 9.17) is 51.1 Å². The van der Waals surface area contributed by atoms with Crippen LogP contribution < -0.4 is 15.0 Å². The molecule has 1 aliphatic heterocycles. The van der Waals surface area contributed by atoms with Crippen LogP contribution in [0.4, 0.5) is 10.5 Å². The number of carbonyl (C=O) groups excluding carboxylic acids is 3. The van der Waals surface area contributed by atoms with Crippen molar-refractivity contribution < 1.29 is 19.1 Å². The molecule has 6 nitrogen and oxygen atoms in total. The summed E-state index contributed by atoms with van der Waals surface area (Å²) in [5.41, 5.74) is 0.167. The number of urea groups is 1. The van der Waals surface area contributed by atoms with Crippen molar-refractivity contribution in [3.63, 3.8) is 0 Å². The molecule has 10 heteroatoms. The summed E-state index contributed by atoms with van der Waals surface area (Å²) in [7, 11) is 0. The van der Waals surface area contributed by atoms with Crippen LogP contribution in [0.1, 0.15) is 18.9 Å². The van der Waals surface area contributed by atoms with Crippen molar-refractivity contribution >= 4 is 76.0 Å². The van der Waals surface area contributed by atoms with Gasteiger partial charge in [-0.1, -0.05) is 53.3 Å². The average molecular weight is 488 g/mol. The Morgan fingerprint density at radius 1 is 1.00 bits per heavy atom. The maximum Gasteiger partial charge on any atom is 0.335 e. The molecule has 1 N–H and O–H groups in total. The molecule has 1 fully saturated rings. The first-order valence-corrected chi connectivity index (χ1v) is 10.2. The van der Waals surface area contributed by atoms with E-state index >= 15 is 0 Å². The Labute approximate surface area is 192 Å². The maximum absolute atomic E-state index is 13.0. The summed E-state index contributed by atoms with van der Waals surface area (Å²) < 4.78 is 5.65. The Balaban J connectivity index is 2.08. The van der Waals surface area contributed by atoms with Crippen LogP contribution in [0.15, 0.2) is 35.9 Å². The number of ether oxygens (including phenoxy) is 1. The third-order valence-electron chi connectivity index (χ3n) is 4.05. The van der Waals surface area contributed by atoms with E-state index in [9.17, 15) is 14.4 Å². The van der Waals surface area contributed by atoms with Crippen molar-refractivity contribution in [2.45, 2.75) is 13.3 Å². The van der Waals surface area contributed by atoms with Gasteiger partial charge in [0.1, 0.15) is 11.3 Å². The summed E-state index contributed by atoms with van der Waals surface area (Å²) in [6.07, 6.45) is 1.99. The lowest BCUT2D eigenvalue weighted by Gasteiger charge is -2.26. The molecule has 1 saturated heterocycles. The molecule has 1 aliphatic rings. The molecule has 3 rings (SSSR count). The summed E-state index contributed by atoms with van der Waals surface area (Å²) in [5.74, 6) is -1.44. The molecule has 1 heterocycles.